The maximum atomic E-state index is 12.4. The summed E-state index contributed by atoms with van der Waals surface area (Å²) in [6.07, 6.45) is 6.91. The average Bonchev–Trinajstić information content (AvgIpc) is 3.01. The Kier molecular flexibility index (Phi) is 3.39. The summed E-state index contributed by atoms with van der Waals surface area (Å²) in [6.45, 7) is 3.24. The quantitative estimate of drug-likeness (QED) is 0.748. The van der Waals surface area contributed by atoms with Gasteiger partial charge in [-0.15, -0.1) is 0 Å². The Labute approximate surface area is 108 Å². The molecule has 4 atom stereocenters. The van der Waals surface area contributed by atoms with Crippen LogP contribution in [0.15, 0.2) is 12.2 Å². The van der Waals surface area contributed by atoms with Crippen LogP contribution in [0.3, 0.4) is 0 Å². The van der Waals surface area contributed by atoms with Gasteiger partial charge in [0.15, 0.2) is 0 Å². The van der Waals surface area contributed by atoms with E-state index in [0.29, 0.717) is 24.3 Å². The first kappa shape index (κ1) is 12.2. The highest BCUT2D eigenvalue weighted by Crippen LogP contribution is 2.44. The molecule has 18 heavy (non-hydrogen) atoms. The van der Waals surface area contributed by atoms with Crippen LogP contribution in [0.5, 0.6) is 0 Å². The number of fused-ring (bicyclic) bond motifs is 2. The number of allylic oxidation sites excluding steroid dienone is 2. The topological polar surface area (TPSA) is 41.6 Å². The maximum absolute atomic E-state index is 12.4. The van der Waals surface area contributed by atoms with Gasteiger partial charge in [0, 0.05) is 32.6 Å². The van der Waals surface area contributed by atoms with Crippen LogP contribution in [0.25, 0.3) is 0 Å². The lowest BCUT2D eigenvalue weighted by Gasteiger charge is -2.30. The summed E-state index contributed by atoms with van der Waals surface area (Å²) < 4.78 is 5.65. The van der Waals surface area contributed by atoms with Crippen LogP contribution in [0, 0.1) is 17.8 Å². The molecule has 4 heteroatoms. The Morgan fingerprint density at radius 2 is 2.33 bits per heavy atom. The van der Waals surface area contributed by atoms with Crippen LogP contribution in [0.4, 0.5) is 0 Å². The molecule has 1 saturated carbocycles. The van der Waals surface area contributed by atoms with Gasteiger partial charge in [0.25, 0.3) is 0 Å². The second-order valence-electron chi connectivity index (χ2n) is 5.80. The summed E-state index contributed by atoms with van der Waals surface area (Å²) in [4.78, 5) is 14.3. The molecule has 1 saturated heterocycles. The smallest absolute Gasteiger partial charge is 0.226 e. The van der Waals surface area contributed by atoms with E-state index < -0.39 is 0 Å². The predicted octanol–water partition coefficient (Wildman–Crippen LogP) is 0.645. The Morgan fingerprint density at radius 1 is 1.44 bits per heavy atom. The maximum Gasteiger partial charge on any atom is 0.226 e. The van der Waals surface area contributed by atoms with Gasteiger partial charge >= 0.3 is 0 Å². The van der Waals surface area contributed by atoms with Crippen LogP contribution in [0.1, 0.15) is 12.8 Å². The number of amides is 1. The van der Waals surface area contributed by atoms with Gasteiger partial charge in [-0.05, 0) is 24.7 Å². The first-order chi connectivity index (χ1) is 8.74. The molecule has 0 radical (unpaired) electrons. The van der Waals surface area contributed by atoms with Crippen molar-refractivity contribution in [1.82, 2.24) is 10.2 Å². The zero-order valence-corrected chi connectivity index (χ0v) is 11.0. The van der Waals surface area contributed by atoms with Gasteiger partial charge in [0.2, 0.25) is 5.91 Å². The summed E-state index contributed by atoms with van der Waals surface area (Å²) in [7, 11) is 1.91. The number of nitrogens with one attached hydrogen (secondary N) is 1. The van der Waals surface area contributed by atoms with Gasteiger partial charge in [0.05, 0.1) is 12.7 Å². The van der Waals surface area contributed by atoms with E-state index in [4.69, 9.17) is 4.74 Å². The fourth-order valence-corrected chi connectivity index (χ4v) is 3.48. The number of hydrogen-bond acceptors (Lipinski definition) is 3. The summed E-state index contributed by atoms with van der Waals surface area (Å²) in [6, 6.07) is 0. The zero-order valence-electron chi connectivity index (χ0n) is 11.0. The van der Waals surface area contributed by atoms with Gasteiger partial charge < -0.3 is 15.0 Å². The highest BCUT2D eigenvalue weighted by Gasteiger charge is 2.41. The predicted molar refractivity (Wildman–Crippen MR) is 69.1 cm³/mol. The Balaban J connectivity index is 1.54. The van der Waals surface area contributed by atoms with E-state index in [1.807, 2.05) is 11.9 Å². The van der Waals surface area contributed by atoms with E-state index >= 15 is 0 Å². The summed E-state index contributed by atoms with van der Waals surface area (Å²) in [5.41, 5.74) is 0. The third kappa shape index (κ3) is 2.31. The largest absolute Gasteiger partial charge is 0.374 e. The molecule has 100 valence electrons. The van der Waals surface area contributed by atoms with Crippen molar-refractivity contribution >= 4 is 5.91 Å². The van der Waals surface area contributed by atoms with Crippen molar-refractivity contribution in [2.24, 2.45) is 17.8 Å². The van der Waals surface area contributed by atoms with E-state index in [2.05, 4.69) is 17.5 Å². The second-order valence-corrected chi connectivity index (χ2v) is 5.80. The highest BCUT2D eigenvalue weighted by atomic mass is 16.5. The molecule has 0 aromatic heterocycles. The number of morpholine rings is 1. The van der Waals surface area contributed by atoms with Crippen molar-refractivity contribution in [3.05, 3.63) is 12.2 Å². The normalized spacial score (nSPS) is 38.1. The highest BCUT2D eigenvalue weighted by molar-refractivity contribution is 5.80. The molecule has 0 aromatic rings. The minimum absolute atomic E-state index is 0.154. The fourth-order valence-electron chi connectivity index (χ4n) is 3.48. The third-order valence-electron chi connectivity index (χ3n) is 4.45. The number of likely N-dealkylation sites (N-methyl/N-ethyl adjacent to an activating group) is 1. The lowest BCUT2D eigenvalue weighted by molar-refractivity contribution is -0.137. The van der Waals surface area contributed by atoms with Crippen LogP contribution in [0.2, 0.25) is 0 Å². The molecule has 2 aliphatic carbocycles. The molecular weight excluding hydrogens is 228 g/mol. The van der Waals surface area contributed by atoms with E-state index in [1.165, 1.54) is 6.42 Å². The first-order valence-corrected chi connectivity index (χ1v) is 6.99. The van der Waals surface area contributed by atoms with Gasteiger partial charge in [-0.2, -0.15) is 0 Å². The number of carbonyl (C=O) groups is 1. The van der Waals surface area contributed by atoms with Crippen molar-refractivity contribution in [2.75, 3.05) is 33.3 Å². The van der Waals surface area contributed by atoms with E-state index in [9.17, 15) is 4.79 Å². The number of nitrogens with zero attached hydrogens (tertiary/aromatic N) is 1. The molecule has 1 N–H and O–H groups in total. The zero-order chi connectivity index (χ0) is 12.5. The number of rotatable bonds is 3. The minimum atomic E-state index is 0.154. The molecule has 4 nitrogen and oxygen atoms in total. The molecule has 4 unspecified atom stereocenters. The third-order valence-corrected chi connectivity index (χ3v) is 4.45. The van der Waals surface area contributed by atoms with Crippen molar-refractivity contribution in [3.63, 3.8) is 0 Å². The van der Waals surface area contributed by atoms with Gasteiger partial charge in [-0.25, -0.2) is 0 Å². The van der Waals surface area contributed by atoms with Gasteiger partial charge in [-0.1, -0.05) is 12.2 Å². The molecule has 1 aliphatic heterocycles. The van der Waals surface area contributed by atoms with E-state index in [1.54, 1.807) is 0 Å². The Morgan fingerprint density at radius 3 is 2.94 bits per heavy atom. The van der Waals surface area contributed by atoms with Gasteiger partial charge in [0.1, 0.15) is 0 Å². The van der Waals surface area contributed by atoms with Gasteiger partial charge in [-0.3, -0.25) is 4.79 Å². The molecule has 3 aliphatic rings. The monoisotopic (exact) mass is 250 g/mol. The average molecular weight is 250 g/mol. The molecule has 2 fully saturated rings. The molecule has 0 aromatic carbocycles. The standard InChI is InChI=1S/C14H22N2O2/c1-16(9-12-8-15-4-5-18-12)14(17)13-7-10-2-3-11(13)6-10/h2-3,10-13,15H,4-9H2,1H3. The van der Waals surface area contributed by atoms with E-state index in [-0.39, 0.29) is 12.0 Å². The minimum Gasteiger partial charge on any atom is -0.374 e. The molecule has 2 bridgehead atoms. The SMILES string of the molecule is CN(CC1CNCCO1)C(=O)C1CC2C=CC1C2. The Hall–Kier alpha value is -0.870. The van der Waals surface area contributed by atoms with Crippen molar-refractivity contribution in [1.29, 1.82) is 0 Å². The van der Waals surface area contributed by atoms with Crippen molar-refractivity contribution < 1.29 is 9.53 Å². The molecule has 1 amide bonds. The molecule has 3 rings (SSSR count). The fraction of sp³-hybridized carbons (Fsp3) is 0.786. The summed E-state index contributed by atoms with van der Waals surface area (Å²) in [5.74, 6) is 1.68. The Bertz CT molecular complexity index is 350. The summed E-state index contributed by atoms with van der Waals surface area (Å²) >= 11 is 0. The lowest BCUT2D eigenvalue weighted by atomic mass is 9.92. The summed E-state index contributed by atoms with van der Waals surface area (Å²) in [5, 5.41) is 3.30. The van der Waals surface area contributed by atoms with Crippen LogP contribution >= 0.6 is 0 Å². The number of ether oxygens (including phenoxy) is 1. The molecule has 1 heterocycles. The second kappa shape index (κ2) is 5.02. The van der Waals surface area contributed by atoms with Crippen molar-refractivity contribution in [3.8, 4) is 0 Å². The molecular formula is C14H22N2O2. The van der Waals surface area contributed by atoms with Crippen LogP contribution in [-0.2, 0) is 9.53 Å². The van der Waals surface area contributed by atoms with E-state index in [0.717, 1.165) is 26.1 Å². The number of hydrogen-bond donors (Lipinski definition) is 1. The van der Waals surface area contributed by atoms with Crippen LogP contribution < -0.4 is 5.32 Å². The lowest BCUT2D eigenvalue weighted by Crippen LogP contribution is -2.47. The van der Waals surface area contributed by atoms with Crippen LogP contribution in [-0.4, -0.2) is 50.2 Å². The number of carbonyl (C=O) groups excluding carboxylic acids is 1. The molecule has 0 spiro atoms. The first-order valence-electron chi connectivity index (χ1n) is 6.99. The van der Waals surface area contributed by atoms with Crippen molar-refractivity contribution in [2.45, 2.75) is 18.9 Å².